The number of hydrogen-bond acceptors (Lipinski definition) is 6. The standard InChI is InChI=1S/C15H17F3N4O3S/c1-4-9(2)20-14-11(8-23)13(15(16,17)18)21-22(14)12-6-5-10(7-19-12)26(3,24)25/h5-9,20H,4H2,1-3H3. The largest absolute Gasteiger partial charge is 0.435 e. The summed E-state index contributed by atoms with van der Waals surface area (Å²) in [5.74, 6) is -0.205. The number of hydrogen-bond donors (Lipinski definition) is 1. The van der Waals surface area contributed by atoms with E-state index in [0.29, 0.717) is 6.42 Å². The van der Waals surface area contributed by atoms with Crippen molar-refractivity contribution in [2.45, 2.75) is 37.4 Å². The minimum Gasteiger partial charge on any atom is -0.367 e. The highest BCUT2D eigenvalue weighted by Gasteiger charge is 2.40. The minimum atomic E-state index is -4.83. The molecule has 0 aliphatic rings. The lowest BCUT2D eigenvalue weighted by Gasteiger charge is -2.15. The van der Waals surface area contributed by atoms with Gasteiger partial charge in [0, 0.05) is 18.5 Å². The van der Waals surface area contributed by atoms with Gasteiger partial charge in [0.15, 0.2) is 27.6 Å². The van der Waals surface area contributed by atoms with Crippen LogP contribution in [0.2, 0.25) is 0 Å². The first kappa shape index (κ1) is 19.9. The van der Waals surface area contributed by atoms with Crippen LogP contribution in [0.1, 0.15) is 36.3 Å². The number of carbonyl (C=O) groups is 1. The van der Waals surface area contributed by atoms with Crippen LogP contribution in [0.4, 0.5) is 19.0 Å². The molecular weight excluding hydrogens is 373 g/mol. The first-order chi connectivity index (χ1) is 12.0. The van der Waals surface area contributed by atoms with Crippen LogP contribution in [0.3, 0.4) is 0 Å². The van der Waals surface area contributed by atoms with Crippen LogP contribution in [0.15, 0.2) is 23.2 Å². The molecule has 11 heteroatoms. The molecule has 1 atom stereocenters. The van der Waals surface area contributed by atoms with Crippen molar-refractivity contribution >= 4 is 21.9 Å². The molecule has 0 bridgehead atoms. The summed E-state index contributed by atoms with van der Waals surface area (Å²) < 4.78 is 63.5. The summed E-state index contributed by atoms with van der Waals surface area (Å²) in [7, 11) is -3.51. The van der Waals surface area contributed by atoms with Gasteiger partial charge in [0.05, 0.1) is 10.5 Å². The molecule has 7 nitrogen and oxygen atoms in total. The topological polar surface area (TPSA) is 94.0 Å². The van der Waals surface area contributed by atoms with E-state index in [4.69, 9.17) is 0 Å². The van der Waals surface area contributed by atoms with Crippen molar-refractivity contribution in [3.8, 4) is 5.82 Å². The van der Waals surface area contributed by atoms with E-state index < -0.39 is 27.3 Å². The lowest BCUT2D eigenvalue weighted by atomic mass is 10.2. The Morgan fingerprint density at radius 1 is 1.35 bits per heavy atom. The van der Waals surface area contributed by atoms with Crippen LogP contribution in [-0.2, 0) is 16.0 Å². The molecule has 1 N–H and O–H groups in total. The molecule has 0 fully saturated rings. The van der Waals surface area contributed by atoms with Gasteiger partial charge in [-0.15, -0.1) is 0 Å². The zero-order chi connectivity index (χ0) is 19.7. The number of alkyl halides is 3. The molecule has 142 valence electrons. The average molecular weight is 390 g/mol. The van der Waals surface area contributed by atoms with Gasteiger partial charge in [0.1, 0.15) is 5.82 Å². The molecule has 0 saturated carbocycles. The van der Waals surface area contributed by atoms with E-state index in [1.807, 2.05) is 6.92 Å². The fourth-order valence-electron chi connectivity index (χ4n) is 2.11. The smallest absolute Gasteiger partial charge is 0.367 e. The number of aromatic nitrogens is 3. The second-order valence-electron chi connectivity index (χ2n) is 5.72. The lowest BCUT2D eigenvalue weighted by Crippen LogP contribution is -2.18. The maximum Gasteiger partial charge on any atom is 0.435 e. The number of sulfone groups is 1. The summed E-state index contributed by atoms with van der Waals surface area (Å²) in [5.41, 5.74) is -1.97. The highest BCUT2D eigenvalue weighted by Crippen LogP contribution is 2.35. The van der Waals surface area contributed by atoms with E-state index in [9.17, 15) is 26.4 Å². The summed E-state index contributed by atoms with van der Waals surface area (Å²) in [6, 6.07) is 2.20. The van der Waals surface area contributed by atoms with Crippen LogP contribution in [0.25, 0.3) is 5.82 Å². The third-order valence-corrected chi connectivity index (χ3v) is 4.77. The number of anilines is 1. The van der Waals surface area contributed by atoms with Crippen molar-refractivity contribution in [2.75, 3.05) is 11.6 Å². The van der Waals surface area contributed by atoms with Crippen molar-refractivity contribution in [1.29, 1.82) is 0 Å². The van der Waals surface area contributed by atoms with Gasteiger partial charge in [-0.2, -0.15) is 23.0 Å². The van der Waals surface area contributed by atoms with Crippen molar-refractivity contribution in [2.24, 2.45) is 0 Å². The number of pyridine rings is 1. The highest BCUT2D eigenvalue weighted by atomic mass is 32.2. The fraction of sp³-hybridized carbons (Fsp3) is 0.400. The Morgan fingerprint density at radius 2 is 2.00 bits per heavy atom. The van der Waals surface area contributed by atoms with Gasteiger partial charge in [-0.1, -0.05) is 6.92 Å². The lowest BCUT2D eigenvalue weighted by molar-refractivity contribution is -0.141. The molecule has 0 aliphatic heterocycles. The van der Waals surface area contributed by atoms with Crippen molar-refractivity contribution in [3.05, 3.63) is 29.6 Å². The highest BCUT2D eigenvalue weighted by molar-refractivity contribution is 7.90. The van der Waals surface area contributed by atoms with E-state index in [2.05, 4.69) is 15.4 Å². The second kappa shape index (κ2) is 7.06. The maximum absolute atomic E-state index is 13.2. The third-order valence-electron chi connectivity index (χ3n) is 3.67. The minimum absolute atomic E-state index is 0.0539. The van der Waals surface area contributed by atoms with Gasteiger partial charge in [0.2, 0.25) is 0 Å². The number of halogens is 3. The Kier molecular flexibility index (Phi) is 5.40. The van der Waals surface area contributed by atoms with Gasteiger partial charge in [-0.3, -0.25) is 4.79 Å². The van der Waals surface area contributed by atoms with E-state index in [-0.39, 0.29) is 28.9 Å². The summed E-state index contributed by atoms with van der Waals surface area (Å²) in [4.78, 5) is 15.1. The first-order valence-corrected chi connectivity index (χ1v) is 9.46. The van der Waals surface area contributed by atoms with Crippen molar-refractivity contribution in [3.63, 3.8) is 0 Å². The van der Waals surface area contributed by atoms with Gasteiger partial charge in [-0.05, 0) is 25.5 Å². The summed E-state index contributed by atoms with van der Waals surface area (Å²) in [5, 5.41) is 6.31. The average Bonchev–Trinajstić information content (AvgIpc) is 2.92. The Bertz CT molecular complexity index is 905. The maximum atomic E-state index is 13.2. The Balaban J connectivity index is 2.66. The predicted octanol–water partition coefficient (Wildman–Crippen LogP) is 2.71. The Hall–Kier alpha value is -2.43. The van der Waals surface area contributed by atoms with Gasteiger partial charge in [-0.25, -0.2) is 13.4 Å². The van der Waals surface area contributed by atoms with Crippen molar-refractivity contribution in [1.82, 2.24) is 14.8 Å². The number of carbonyl (C=O) groups excluding carboxylic acids is 1. The van der Waals surface area contributed by atoms with Crippen LogP contribution >= 0.6 is 0 Å². The van der Waals surface area contributed by atoms with E-state index >= 15 is 0 Å². The number of rotatable bonds is 6. The molecule has 0 saturated heterocycles. The number of nitrogens with zero attached hydrogens (tertiary/aromatic N) is 3. The number of nitrogens with one attached hydrogen (secondary N) is 1. The van der Waals surface area contributed by atoms with Crippen LogP contribution < -0.4 is 5.32 Å². The number of aldehydes is 1. The van der Waals surface area contributed by atoms with E-state index in [0.717, 1.165) is 17.1 Å². The van der Waals surface area contributed by atoms with Crippen LogP contribution in [0.5, 0.6) is 0 Å². The predicted molar refractivity (Wildman–Crippen MR) is 88.2 cm³/mol. The fourth-order valence-corrected chi connectivity index (χ4v) is 2.67. The van der Waals surface area contributed by atoms with E-state index in [1.165, 1.54) is 12.1 Å². The second-order valence-corrected chi connectivity index (χ2v) is 7.73. The summed E-state index contributed by atoms with van der Waals surface area (Å²) in [6.45, 7) is 3.56. The molecule has 2 heterocycles. The molecule has 0 aromatic carbocycles. The van der Waals surface area contributed by atoms with E-state index in [1.54, 1.807) is 6.92 Å². The van der Waals surface area contributed by atoms with Crippen LogP contribution in [-0.4, -0.2) is 41.8 Å². The molecular formula is C15H17F3N4O3S. The summed E-state index contributed by atoms with van der Waals surface area (Å²) in [6.07, 6.45) is -2.15. The Labute approximate surface area is 148 Å². The molecule has 26 heavy (non-hydrogen) atoms. The SMILES string of the molecule is CCC(C)Nc1c(C=O)c(C(F)(F)F)nn1-c1ccc(S(C)(=O)=O)cn1. The van der Waals surface area contributed by atoms with Crippen molar-refractivity contribution < 1.29 is 26.4 Å². The molecule has 0 spiro atoms. The zero-order valence-electron chi connectivity index (χ0n) is 14.2. The molecule has 0 radical (unpaired) electrons. The third kappa shape index (κ3) is 4.03. The molecule has 1 unspecified atom stereocenters. The first-order valence-electron chi connectivity index (χ1n) is 7.57. The monoisotopic (exact) mass is 390 g/mol. The zero-order valence-corrected chi connectivity index (χ0v) is 15.0. The van der Waals surface area contributed by atoms with Crippen LogP contribution in [0, 0.1) is 0 Å². The quantitative estimate of drug-likeness (QED) is 0.763. The Morgan fingerprint density at radius 3 is 2.42 bits per heavy atom. The normalized spacial score (nSPS) is 13.5. The molecule has 2 rings (SSSR count). The molecule has 2 aromatic rings. The molecule has 0 amide bonds. The molecule has 0 aliphatic carbocycles. The van der Waals surface area contributed by atoms with Gasteiger partial charge < -0.3 is 5.32 Å². The molecule has 2 aromatic heterocycles. The summed E-state index contributed by atoms with van der Waals surface area (Å²) >= 11 is 0. The van der Waals surface area contributed by atoms with Gasteiger partial charge in [0.25, 0.3) is 0 Å². The van der Waals surface area contributed by atoms with Gasteiger partial charge >= 0.3 is 6.18 Å².